The molecule has 2 N–H and O–H groups in total. The van der Waals surface area contributed by atoms with Gasteiger partial charge in [0.2, 0.25) is 0 Å². The van der Waals surface area contributed by atoms with Crippen molar-refractivity contribution in [1.29, 1.82) is 0 Å². The van der Waals surface area contributed by atoms with Crippen molar-refractivity contribution in [1.82, 2.24) is 10.2 Å². The molecule has 2 amide bonds. The molecule has 18 heavy (non-hydrogen) atoms. The Bertz CT molecular complexity index is 319. The predicted molar refractivity (Wildman–Crippen MR) is 69.3 cm³/mol. The lowest BCUT2D eigenvalue weighted by molar-refractivity contribution is -0.140. The van der Waals surface area contributed by atoms with E-state index in [0.29, 0.717) is 11.8 Å². The van der Waals surface area contributed by atoms with Gasteiger partial charge in [-0.3, -0.25) is 4.79 Å². The lowest BCUT2D eigenvalue weighted by atomic mass is 9.86. The molecule has 0 radical (unpaired) electrons. The number of hydrogen-bond donors (Lipinski definition) is 2. The smallest absolute Gasteiger partial charge is 0.317 e. The maximum absolute atomic E-state index is 12.0. The van der Waals surface area contributed by atoms with Crippen molar-refractivity contribution in [3.8, 4) is 0 Å². The van der Waals surface area contributed by atoms with Crippen LogP contribution in [0.15, 0.2) is 0 Å². The van der Waals surface area contributed by atoms with Crippen LogP contribution in [0.1, 0.15) is 34.1 Å². The minimum absolute atomic E-state index is 0.144. The molecule has 1 heterocycles. The number of aliphatic carboxylic acids is 1. The number of piperidine rings is 1. The lowest BCUT2D eigenvalue weighted by Gasteiger charge is -2.41. The summed E-state index contributed by atoms with van der Waals surface area (Å²) < 4.78 is 0. The average Bonchev–Trinajstić information content (AvgIpc) is 2.29. The summed E-state index contributed by atoms with van der Waals surface area (Å²) in [4.78, 5) is 24.6. The minimum Gasteiger partial charge on any atom is -0.481 e. The highest BCUT2D eigenvalue weighted by Crippen LogP contribution is 2.26. The van der Waals surface area contributed by atoms with E-state index < -0.39 is 11.9 Å². The molecule has 0 saturated carbocycles. The molecule has 1 aliphatic rings. The Hall–Kier alpha value is -1.26. The Morgan fingerprint density at radius 3 is 2.56 bits per heavy atom. The summed E-state index contributed by atoms with van der Waals surface area (Å²) in [6.45, 7) is 8.87. The van der Waals surface area contributed by atoms with E-state index in [9.17, 15) is 9.59 Å². The fourth-order valence-electron chi connectivity index (χ4n) is 2.41. The molecular weight excluding hydrogens is 232 g/mol. The minimum atomic E-state index is -0.885. The van der Waals surface area contributed by atoms with Crippen LogP contribution in [0.4, 0.5) is 4.79 Å². The van der Waals surface area contributed by atoms with Gasteiger partial charge in [-0.15, -0.1) is 0 Å². The summed E-state index contributed by atoms with van der Waals surface area (Å²) in [6.07, 6.45) is 1.14. The Labute approximate surface area is 109 Å². The number of nitrogens with one attached hydrogen (secondary N) is 1. The van der Waals surface area contributed by atoms with Gasteiger partial charge in [0.05, 0.1) is 5.92 Å². The number of carboxylic acids is 1. The molecule has 5 heteroatoms. The number of carbonyl (C=O) groups excluding carboxylic acids is 1. The quantitative estimate of drug-likeness (QED) is 0.808. The van der Waals surface area contributed by atoms with Gasteiger partial charge in [0.15, 0.2) is 0 Å². The van der Waals surface area contributed by atoms with Crippen LogP contribution in [-0.2, 0) is 4.79 Å². The van der Waals surface area contributed by atoms with Crippen LogP contribution in [0.25, 0.3) is 0 Å². The van der Waals surface area contributed by atoms with Crippen molar-refractivity contribution in [2.45, 2.75) is 40.2 Å². The zero-order valence-corrected chi connectivity index (χ0v) is 11.6. The first-order valence-electron chi connectivity index (χ1n) is 6.60. The summed E-state index contributed by atoms with van der Waals surface area (Å²) in [6, 6.07) is 0.0651. The van der Waals surface area contributed by atoms with Crippen LogP contribution in [-0.4, -0.2) is 41.1 Å². The van der Waals surface area contributed by atoms with Crippen LogP contribution in [0.3, 0.4) is 0 Å². The second-order valence-electron chi connectivity index (χ2n) is 5.64. The standard InChI is InChI=1S/C13H24N2O3/c1-8-5-9(2)11(4)15(7-8)13(18)14-6-10(3)12(16)17/h8-11H,5-7H2,1-4H3,(H,14,18)(H,16,17). The Kier molecular flexibility index (Phi) is 4.99. The molecule has 4 atom stereocenters. The van der Waals surface area contributed by atoms with Crippen LogP contribution >= 0.6 is 0 Å². The fraction of sp³-hybridized carbons (Fsp3) is 0.846. The highest BCUT2D eigenvalue weighted by molar-refractivity contribution is 5.76. The van der Waals surface area contributed by atoms with Crippen LogP contribution in [0.5, 0.6) is 0 Å². The topological polar surface area (TPSA) is 69.6 Å². The molecule has 0 bridgehead atoms. The number of nitrogens with zero attached hydrogens (tertiary/aromatic N) is 1. The molecule has 1 aliphatic heterocycles. The predicted octanol–water partition coefficient (Wildman–Crippen LogP) is 1.78. The molecule has 1 saturated heterocycles. The monoisotopic (exact) mass is 256 g/mol. The van der Waals surface area contributed by atoms with E-state index in [-0.39, 0.29) is 18.6 Å². The fourth-order valence-corrected chi connectivity index (χ4v) is 2.41. The highest BCUT2D eigenvalue weighted by Gasteiger charge is 2.31. The normalized spacial score (nSPS) is 29.8. The summed E-state index contributed by atoms with van der Waals surface area (Å²) in [5.41, 5.74) is 0. The van der Waals surface area contributed by atoms with Gasteiger partial charge in [-0.1, -0.05) is 20.8 Å². The second-order valence-corrected chi connectivity index (χ2v) is 5.64. The van der Waals surface area contributed by atoms with Gasteiger partial charge in [0.25, 0.3) is 0 Å². The molecule has 0 spiro atoms. The molecule has 1 fully saturated rings. The second kappa shape index (κ2) is 6.07. The summed E-state index contributed by atoms with van der Waals surface area (Å²) in [5, 5.41) is 11.5. The molecule has 0 aliphatic carbocycles. The molecular formula is C13H24N2O3. The first-order valence-corrected chi connectivity index (χ1v) is 6.60. The van der Waals surface area contributed by atoms with Gasteiger partial charge in [0.1, 0.15) is 0 Å². The molecule has 104 valence electrons. The van der Waals surface area contributed by atoms with Crippen molar-refractivity contribution in [2.75, 3.05) is 13.1 Å². The van der Waals surface area contributed by atoms with Crippen molar-refractivity contribution >= 4 is 12.0 Å². The molecule has 0 aromatic heterocycles. The summed E-state index contributed by atoms with van der Waals surface area (Å²) in [7, 11) is 0. The van der Waals surface area contributed by atoms with Crippen molar-refractivity contribution in [3.05, 3.63) is 0 Å². The third-order valence-electron chi connectivity index (χ3n) is 3.84. The maximum atomic E-state index is 12.0. The highest BCUT2D eigenvalue weighted by atomic mass is 16.4. The number of amides is 2. The van der Waals surface area contributed by atoms with Gasteiger partial charge in [-0.05, 0) is 25.2 Å². The molecule has 1 rings (SSSR count). The van der Waals surface area contributed by atoms with Crippen molar-refractivity contribution < 1.29 is 14.7 Å². The van der Waals surface area contributed by atoms with E-state index in [1.54, 1.807) is 6.92 Å². The molecule has 5 nitrogen and oxygen atoms in total. The number of carbonyl (C=O) groups is 2. The first-order chi connectivity index (χ1) is 8.32. The largest absolute Gasteiger partial charge is 0.481 e. The van der Waals surface area contributed by atoms with Gasteiger partial charge in [-0.25, -0.2) is 4.79 Å². The van der Waals surface area contributed by atoms with E-state index in [0.717, 1.165) is 13.0 Å². The Morgan fingerprint density at radius 1 is 1.39 bits per heavy atom. The summed E-state index contributed by atoms with van der Waals surface area (Å²) >= 11 is 0. The third-order valence-corrected chi connectivity index (χ3v) is 3.84. The molecule has 0 aromatic rings. The van der Waals surface area contributed by atoms with Crippen LogP contribution in [0, 0.1) is 17.8 Å². The van der Waals surface area contributed by atoms with Gasteiger partial charge < -0.3 is 15.3 Å². The number of likely N-dealkylation sites (tertiary alicyclic amines) is 1. The number of rotatable bonds is 3. The summed E-state index contributed by atoms with van der Waals surface area (Å²) in [5.74, 6) is -0.456. The molecule has 0 aromatic carbocycles. The zero-order valence-electron chi connectivity index (χ0n) is 11.6. The van der Waals surface area contributed by atoms with Crippen LogP contribution in [0.2, 0.25) is 0 Å². The van der Waals surface area contributed by atoms with E-state index in [2.05, 4.69) is 26.1 Å². The maximum Gasteiger partial charge on any atom is 0.317 e. The van der Waals surface area contributed by atoms with E-state index in [4.69, 9.17) is 5.11 Å². The van der Waals surface area contributed by atoms with Crippen molar-refractivity contribution in [3.63, 3.8) is 0 Å². The average molecular weight is 256 g/mol. The van der Waals surface area contributed by atoms with Crippen LogP contribution < -0.4 is 5.32 Å². The third kappa shape index (κ3) is 3.62. The van der Waals surface area contributed by atoms with E-state index >= 15 is 0 Å². The number of carboxylic acid groups (broad SMARTS) is 1. The SMILES string of the molecule is CC1CC(C)C(C)N(C(=O)NCC(C)C(=O)O)C1. The number of hydrogen-bond acceptors (Lipinski definition) is 2. The van der Waals surface area contributed by atoms with Gasteiger partial charge in [0, 0.05) is 19.1 Å². The lowest BCUT2D eigenvalue weighted by Crippen LogP contribution is -2.53. The Balaban J connectivity index is 2.52. The van der Waals surface area contributed by atoms with Crippen molar-refractivity contribution in [2.24, 2.45) is 17.8 Å². The van der Waals surface area contributed by atoms with E-state index in [1.807, 2.05) is 4.90 Å². The van der Waals surface area contributed by atoms with Gasteiger partial charge in [-0.2, -0.15) is 0 Å². The van der Waals surface area contributed by atoms with Gasteiger partial charge >= 0.3 is 12.0 Å². The first kappa shape index (κ1) is 14.8. The Morgan fingerprint density at radius 2 is 2.00 bits per heavy atom. The molecule has 4 unspecified atom stereocenters. The van der Waals surface area contributed by atoms with E-state index in [1.165, 1.54) is 0 Å². The number of urea groups is 1. The zero-order chi connectivity index (χ0) is 13.9.